The van der Waals surface area contributed by atoms with Gasteiger partial charge in [0.15, 0.2) is 6.10 Å². The van der Waals surface area contributed by atoms with Gasteiger partial charge in [-0.1, -0.05) is 12.1 Å². The standard InChI is InChI=1S/C18H19NO4/c1-3-22-17-7-5-4-6-16(17)19-18(21)13(2)23-15-10-8-14(12-20)9-11-15/h4-13H,3H2,1-2H3,(H,19,21). The maximum Gasteiger partial charge on any atom is 0.265 e. The van der Waals surface area contributed by atoms with Crippen molar-refractivity contribution in [2.45, 2.75) is 20.0 Å². The summed E-state index contributed by atoms with van der Waals surface area (Å²) in [5.41, 5.74) is 1.16. The van der Waals surface area contributed by atoms with Crippen LogP contribution in [0.2, 0.25) is 0 Å². The molecule has 2 aromatic rings. The Morgan fingerprint density at radius 3 is 2.52 bits per heavy atom. The summed E-state index contributed by atoms with van der Waals surface area (Å²) < 4.78 is 11.1. The Balaban J connectivity index is 2.00. The molecule has 0 spiro atoms. The second kappa shape index (κ2) is 7.98. The number of para-hydroxylation sites is 2. The van der Waals surface area contributed by atoms with Crippen molar-refractivity contribution in [3.8, 4) is 11.5 Å². The summed E-state index contributed by atoms with van der Waals surface area (Å²) in [6, 6.07) is 13.8. The topological polar surface area (TPSA) is 64.6 Å². The molecule has 0 fully saturated rings. The molecule has 0 aliphatic carbocycles. The van der Waals surface area contributed by atoms with Crippen LogP contribution in [-0.2, 0) is 4.79 Å². The Morgan fingerprint density at radius 2 is 1.87 bits per heavy atom. The Kier molecular flexibility index (Phi) is 5.74. The van der Waals surface area contributed by atoms with Gasteiger partial charge in [0.25, 0.3) is 5.91 Å². The molecule has 0 saturated carbocycles. The molecular weight excluding hydrogens is 294 g/mol. The van der Waals surface area contributed by atoms with Crippen LogP contribution in [0.1, 0.15) is 24.2 Å². The number of hydrogen-bond donors (Lipinski definition) is 1. The number of amides is 1. The molecule has 2 aromatic carbocycles. The van der Waals surface area contributed by atoms with E-state index in [0.29, 0.717) is 29.4 Å². The van der Waals surface area contributed by atoms with Gasteiger partial charge in [-0.15, -0.1) is 0 Å². The number of anilines is 1. The van der Waals surface area contributed by atoms with Gasteiger partial charge in [-0.3, -0.25) is 9.59 Å². The number of benzene rings is 2. The number of carbonyl (C=O) groups is 2. The lowest BCUT2D eigenvalue weighted by atomic mass is 10.2. The minimum Gasteiger partial charge on any atom is -0.492 e. The molecular formula is C18H19NO4. The minimum absolute atomic E-state index is 0.281. The van der Waals surface area contributed by atoms with E-state index >= 15 is 0 Å². The summed E-state index contributed by atoms with van der Waals surface area (Å²) in [7, 11) is 0. The highest BCUT2D eigenvalue weighted by Crippen LogP contribution is 2.24. The van der Waals surface area contributed by atoms with Gasteiger partial charge in [-0.25, -0.2) is 0 Å². The van der Waals surface area contributed by atoms with Crippen LogP contribution in [0, 0.1) is 0 Å². The molecule has 120 valence electrons. The van der Waals surface area contributed by atoms with Crippen molar-refractivity contribution in [1.29, 1.82) is 0 Å². The zero-order chi connectivity index (χ0) is 16.7. The van der Waals surface area contributed by atoms with E-state index in [9.17, 15) is 9.59 Å². The van der Waals surface area contributed by atoms with Gasteiger partial charge in [0.05, 0.1) is 12.3 Å². The van der Waals surface area contributed by atoms with E-state index in [0.717, 1.165) is 6.29 Å². The Bertz CT molecular complexity index is 667. The smallest absolute Gasteiger partial charge is 0.265 e. The van der Waals surface area contributed by atoms with Crippen LogP contribution in [0.5, 0.6) is 11.5 Å². The molecule has 0 radical (unpaired) electrons. The van der Waals surface area contributed by atoms with Crippen LogP contribution in [0.3, 0.4) is 0 Å². The highest BCUT2D eigenvalue weighted by atomic mass is 16.5. The van der Waals surface area contributed by atoms with Gasteiger partial charge in [0.1, 0.15) is 17.8 Å². The van der Waals surface area contributed by atoms with E-state index in [-0.39, 0.29) is 5.91 Å². The van der Waals surface area contributed by atoms with Gasteiger partial charge in [0, 0.05) is 5.56 Å². The molecule has 2 rings (SSSR count). The normalized spacial score (nSPS) is 11.4. The number of carbonyl (C=O) groups excluding carboxylic acids is 2. The molecule has 5 nitrogen and oxygen atoms in total. The van der Waals surface area contributed by atoms with Gasteiger partial charge >= 0.3 is 0 Å². The van der Waals surface area contributed by atoms with E-state index in [1.54, 1.807) is 43.3 Å². The van der Waals surface area contributed by atoms with Crippen molar-refractivity contribution in [3.05, 3.63) is 54.1 Å². The van der Waals surface area contributed by atoms with Crippen LogP contribution in [0.25, 0.3) is 0 Å². The Labute approximate surface area is 135 Å². The fraction of sp³-hybridized carbons (Fsp3) is 0.222. The molecule has 23 heavy (non-hydrogen) atoms. The highest BCUT2D eigenvalue weighted by Gasteiger charge is 2.16. The number of aldehydes is 1. The molecule has 0 heterocycles. The Morgan fingerprint density at radius 1 is 1.17 bits per heavy atom. The zero-order valence-electron chi connectivity index (χ0n) is 13.1. The summed E-state index contributed by atoms with van der Waals surface area (Å²) in [4.78, 5) is 22.9. The molecule has 0 saturated heterocycles. The van der Waals surface area contributed by atoms with Crippen LogP contribution in [0.4, 0.5) is 5.69 Å². The third-order valence-corrected chi connectivity index (χ3v) is 3.14. The Hall–Kier alpha value is -2.82. The summed E-state index contributed by atoms with van der Waals surface area (Å²) >= 11 is 0. The largest absolute Gasteiger partial charge is 0.492 e. The molecule has 1 atom stereocenters. The van der Waals surface area contributed by atoms with Gasteiger partial charge in [-0.2, -0.15) is 0 Å². The first-order valence-corrected chi connectivity index (χ1v) is 7.38. The van der Waals surface area contributed by atoms with Crippen molar-refractivity contribution >= 4 is 17.9 Å². The summed E-state index contributed by atoms with van der Waals surface area (Å²) in [6.45, 7) is 4.06. The van der Waals surface area contributed by atoms with E-state index in [1.807, 2.05) is 19.1 Å². The monoisotopic (exact) mass is 313 g/mol. The van der Waals surface area contributed by atoms with E-state index < -0.39 is 6.10 Å². The SMILES string of the molecule is CCOc1ccccc1NC(=O)C(C)Oc1ccc(C=O)cc1. The van der Waals surface area contributed by atoms with Crippen molar-refractivity contribution in [2.75, 3.05) is 11.9 Å². The predicted octanol–water partition coefficient (Wildman–Crippen LogP) is 3.30. The molecule has 0 aliphatic heterocycles. The van der Waals surface area contributed by atoms with Gasteiger partial charge in [0.2, 0.25) is 0 Å². The van der Waals surface area contributed by atoms with Crippen LogP contribution in [0.15, 0.2) is 48.5 Å². The van der Waals surface area contributed by atoms with Crippen LogP contribution < -0.4 is 14.8 Å². The first-order chi connectivity index (χ1) is 11.1. The third-order valence-electron chi connectivity index (χ3n) is 3.14. The number of ether oxygens (including phenoxy) is 2. The average Bonchev–Trinajstić information content (AvgIpc) is 2.57. The zero-order valence-corrected chi connectivity index (χ0v) is 13.1. The second-order valence-electron chi connectivity index (χ2n) is 4.87. The van der Waals surface area contributed by atoms with E-state index in [2.05, 4.69) is 5.32 Å². The van der Waals surface area contributed by atoms with Gasteiger partial charge < -0.3 is 14.8 Å². The van der Waals surface area contributed by atoms with Crippen molar-refractivity contribution < 1.29 is 19.1 Å². The highest BCUT2D eigenvalue weighted by molar-refractivity contribution is 5.95. The van der Waals surface area contributed by atoms with E-state index in [4.69, 9.17) is 9.47 Å². The molecule has 0 aromatic heterocycles. The van der Waals surface area contributed by atoms with Crippen molar-refractivity contribution in [2.24, 2.45) is 0 Å². The van der Waals surface area contributed by atoms with Gasteiger partial charge in [-0.05, 0) is 50.2 Å². The lowest BCUT2D eigenvalue weighted by Gasteiger charge is -2.16. The summed E-state index contributed by atoms with van der Waals surface area (Å²) in [5.74, 6) is 0.860. The third kappa shape index (κ3) is 4.57. The molecule has 1 unspecified atom stereocenters. The molecule has 1 amide bonds. The summed E-state index contributed by atoms with van der Waals surface area (Å²) in [6.07, 6.45) is 0.0664. The average molecular weight is 313 g/mol. The first kappa shape index (κ1) is 16.5. The molecule has 5 heteroatoms. The van der Waals surface area contributed by atoms with Crippen molar-refractivity contribution in [1.82, 2.24) is 0 Å². The maximum atomic E-state index is 12.2. The van der Waals surface area contributed by atoms with Crippen LogP contribution >= 0.6 is 0 Å². The van der Waals surface area contributed by atoms with Crippen molar-refractivity contribution in [3.63, 3.8) is 0 Å². The molecule has 0 aliphatic rings. The predicted molar refractivity (Wildman–Crippen MR) is 88.2 cm³/mol. The summed E-state index contributed by atoms with van der Waals surface area (Å²) in [5, 5.41) is 2.79. The molecule has 1 N–H and O–H groups in total. The number of nitrogens with one attached hydrogen (secondary N) is 1. The fourth-order valence-corrected chi connectivity index (χ4v) is 1.97. The lowest BCUT2D eigenvalue weighted by Crippen LogP contribution is -2.30. The van der Waals surface area contributed by atoms with Crippen LogP contribution in [-0.4, -0.2) is 24.9 Å². The van der Waals surface area contributed by atoms with E-state index in [1.165, 1.54) is 0 Å². The maximum absolute atomic E-state index is 12.2. The fourth-order valence-electron chi connectivity index (χ4n) is 1.97. The lowest BCUT2D eigenvalue weighted by molar-refractivity contribution is -0.122. The molecule has 0 bridgehead atoms. The quantitative estimate of drug-likeness (QED) is 0.797. The minimum atomic E-state index is -0.688. The first-order valence-electron chi connectivity index (χ1n) is 7.38. The second-order valence-corrected chi connectivity index (χ2v) is 4.87. The number of hydrogen-bond acceptors (Lipinski definition) is 4. The number of rotatable bonds is 7.